The summed E-state index contributed by atoms with van der Waals surface area (Å²) in [7, 11) is 0. The average molecular weight is 687 g/mol. The monoisotopic (exact) mass is 685 g/mol. The summed E-state index contributed by atoms with van der Waals surface area (Å²) >= 11 is 3.62. The third-order valence-corrected chi connectivity index (χ3v) is 9.92. The minimum atomic E-state index is -1.32. The van der Waals surface area contributed by atoms with Crippen molar-refractivity contribution in [3.8, 4) is 0 Å². The molecular formula is C34H44BrN3O7. The lowest BCUT2D eigenvalue weighted by molar-refractivity contribution is -0.150. The molecule has 3 amide bonds. The Morgan fingerprint density at radius 2 is 1.76 bits per heavy atom. The third-order valence-electron chi connectivity index (χ3n) is 9.24. The lowest BCUT2D eigenvalue weighted by Gasteiger charge is -2.41. The summed E-state index contributed by atoms with van der Waals surface area (Å²) < 4.78 is 12.9. The second-order valence-corrected chi connectivity index (χ2v) is 14.2. The molecule has 0 aliphatic carbocycles. The summed E-state index contributed by atoms with van der Waals surface area (Å²) in [5, 5.41) is 12.3. The number of amides is 3. The van der Waals surface area contributed by atoms with Crippen molar-refractivity contribution in [1.82, 2.24) is 15.1 Å². The number of nitrogens with zero attached hydrogens (tertiary/aromatic N) is 2. The van der Waals surface area contributed by atoms with Gasteiger partial charge in [0, 0.05) is 36.1 Å². The fourth-order valence-corrected chi connectivity index (χ4v) is 7.78. The number of rotatable bonds is 7. The molecule has 5 rings (SSSR count). The van der Waals surface area contributed by atoms with Gasteiger partial charge in [0.2, 0.25) is 17.7 Å². The van der Waals surface area contributed by atoms with E-state index in [9.17, 15) is 24.3 Å². The summed E-state index contributed by atoms with van der Waals surface area (Å²) in [5.74, 6) is -3.11. The SMILES string of the molecule is CC(C)(C)N1C/C=C\CCC(=O)OC[C@@H](c2ccccc2)NC(=O)[C@@H]2[C@H]3O[C@@]4(C=C3Br)[C@H](C1=O)N(CCCCCCO)C(=O)[C@@H]24. The van der Waals surface area contributed by atoms with Gasteiger partial charge in [-0.3, -0.25) is 19.2 Å². The smallest absolute Gasteiger partial charge is 0.306 e. The summed E-state index contributed by atoms with van der Waals surface area (Å²) in [6.45, 7) is 6.51. The molecule has 1 spiro atoms. The predicted molar refractivity (Wildman–Crippen MR) is 171 cm³/mol. The van der Waals surface area contributed by atoms with Crippen LogP contribution in [0, 0.1) is 11.8 Å². The van der Waals surface area contributed by atoms with Crippen LogP contribution in [0.1, 0.15) is 70.9 Å². The van der Waals surface area contributed by atoms with Crippen molar-refractivity contribution in [2.24, 2.45) is 11.8 Å². The van der Waals surface area contributed by atoms with E-state index in [1.807, 2.05) is 69.3 Å². The molecular weight excluding hydrogens is 642 g/mol. The molecule has 0 saturated carbocycles. The van der Waals surface area contributed by atoms with Crippen molar-refractivity contribution < 1.29 is 33.8 Å². The van der Waals surface area contributed by atoms with E-state index in [0.29, 0.717) is 30.3 Å². The molecule has 10 nitrogen and oxygen atoms in total. The number of nitrogens with one attached hydrogen (secondary N) is 1. The van der Waals surface area contributed by atoms with Gasteiger partial charge < -0.3 is 29.7 Å². The lowest BCUT2D eigenvalue weighted by atomic mass is 9.73. The number of allylic oxidation sites excluding steroid dienone is 1. The Labute approximate surface area is 273 Å². The molecule has 4 aliphatic heterocycles. The van der Waals surface area contributed by atoms with Gasteiger partial charge in [0.15, 0.2) is 0 Å². The largest absolute Gasteiger partial charge is 0.463 e. The first-order chi connectivity index (χ1) is 21.5. The molecule has 2 N–H and O–H groups in total. The Morgan fingerprint density at radius 1 is 1.02 bits per heavy atom. The molecule has 45 heavy (non-hydrogen) atoms. The topological polar surface area (TPSA) is 125 Å². The van der Waals surface area contributed by atoms with Crippen LogP contribution in [0.15, 0.2) is 53.0 Å². The van der Waals surface area contributed by atoms with Gasteiger partial charge in [-0.1, -0.05) is 71.3 Å². The normalized spacial score (nSPS) is 31.5. The van der Waals surface area contributed by atoms with Crippen LogP contribution in [-0.2, 0) is 28.7 Å². The quantitative estimate of drug-likeness (QED) is 0.254. The van der Waals surface area contributed by atoms with Crippen LogP contribution in [0.3, 0.4) is 0 Å². The van der Waals surface area contributed by atoms with Gasteiger partial charge in [0.05, 0.1) is 17.9 Å². The highest BCUT2D eigenvalue weighted by molar-refractivity contribution is 9.11. The van der Waals surface area contributed by atoms with E-state index in [1.54, 1.807) is 9.80 Å². The van der Waals surface area contributed by atoms with Crippen molar-refractivity contribution in [3.05, 3.63) is 58.6 Å². The van der Waals surface area contributed by atoms with E-state index in [2.05, 4.69) is 21.2 Å². The maximum atomic E-state index is 14.7. The summed E-state index contributed by atoms with van der Waals surface area (Å²) in [6, 6.07) is 7.68. The zero-order valence-electron chi connectivity index (χ0n) is 26.2. The van der Waals surface area contributed by atoms with Crippen LogP contribution in [0.4, 0.5) is 0 Å². The number of hydrogen-bond acceptors (Lipinski definition) is 7. The molecule has 2 saturated heterocycles. The Bertz CT molecular complexity index is 1340. The van der Waals surface area contributed by atoms with Gasteiger partial charge in [-0.2, -0.15) is 0 Å². The maximum absolute atomic E-state index is 14.7. The molecule has 1 aromatic rings. The molecule has 244 valence electrons. The Morgan fingerprint density at radius 3 is 2.47 bits per heavy atom. The summed E-state index contributed by atoms with van der Waals surface area (Å²) in [4.78, 5) is 59.3. The fraction of sp³-hybridized carbons (Fsp3) is 0.588. The number of cyclic esters (lactones) is 1. The van der Waals surface area contributed by atoms with Gasteiger partial charge in [0.25, 0.3) is 0 Å². The number of ether oxygens (including phenoxy) is 2. The first-order valence-electron chi connectivity index (χ1n) is 15.9. The molecule has 4 aliphatic rings. The second-order valence-electron chi connectivity index (χ2n) is 13.3. The van der Waals surface area contributed by atoms with Gasteiger partial charge in [-0.05, 0) is 51.7 Å². The van der Waals surface area contributed by atoms with E-state index in [1.165, 1.54) is 0 Å². The van der Waals surface area contributed by atoms with Crippen LogP contribution in [0.25, 0.3) is 0 Å². The molecule has 4 heterocycles. The highest BCUT2D eigenvalue weighted by atomic mass is 79.9. The average Bonchev–Trinajstić information content (AvgIpc) is 3.59. The first kappa shape index (κ1) is 33.3. The molecule has 6 atom stereocenters. The molecule has 0 aromatic heterocycles. The van der Waals surface area contributed by atoms with Gasteiger partial charge in [0.1, 0.15) is 24.4 Å². The van der Waals surface area contributed by atoms with Gasteiger partial charge >= 0.3 is 5.97 Å². The number of fused-ring (bicyclic) bond motifs is 2. The van der Waals surface area contributed by atoms with Crippen LogP contribution in [-0.4, -0.2) is 88.2 Å². The minimum absolute atomic E-state index is 0.0593. The van der Waals surface area contributed by atoms with Crippen molar-refractivity contribution in [3.63, 3.8) is 0 Å². The number of benzene rings is 1. The van der Waals surface area contributed by atoms with Gasteiger partial charge in [-0.25, -0.2) is 0 Å². The van der Waals surface area contributed by atoms with Crippen LogP contribution in [0.2, 0.25) is 0 Å². The highest BCUT2D eigenvalue weighted by Crippen LogP contribution is 2.58. The van der Waals surface area contributed by atoms with Crippen LogP contribution in [0.5, 0.6) is 0 Å². The first-order valence-corrected chi connectivity index (χ1v) is 16.7. The van der Waals surface area contributed by atoms with E-state index < -0.39 is 47.1 Å². The molecule has 0 radical (unpaired) electrons. The number of esters is 1. The molecule has 11 heteroatoms. The molecule has 0 unspecified atom stereocenters. The van der Waals surface area contributed by atoms with Crippen molar-refractivity contribution >= 4 is 39.6 Å². The van der Waals surface area contributed by atoms with E-state index in [4.69, 9.17) is 9.47 Å². The number of hydrogen-bond donors (Lipinski definition) is 2. The highest BCUT2D eigenvalue weighted by Gasteiger charge is 2.74. The summed E-state index contributed by atoms with van der Waals surface area (Å²) in [6.07, 6.45) is 8.37. The Kier molecular flexibility index (Phi) is 10.2. The number of aliphatic hydroxyl groups excluding tert-OH is 1. The second kappa shape index (κ2) is 13.8. The number of carbonyl (C=O) groups excluding carboxylic acids is 4. The van der Waals surface area contributed by atoms with E-state index in [-0.39, 0.29) is 44.0 Å². The van der Waals surface area contributed by atoms with Crippen molar-refractivity contribution in [2.75, 3.05) is 26.3 Å². The molecule has 5 bridgehead atoms. The minimum Gasteiger partial charge on any atom is -0.463 e. The molecule has 2 fully saturated rings. The maximum Gasteiger partial charge on any atom is 0.306 e. The number of likely N-dealkylation sites (tertiary alicyclic amines) is 1. The number of unbranched alkanes of at least 4 members (excludes halogenated alkanes) is 3. The standard InChI is InChI=1S/C34H44BrN3O7/c1-33(2,3)38-18-12-7-10-16-25(40)44-21-24(22-14-8-6-9-15-22)36-30(41)26-27-31(42)37(17-11-4-5-13-19-39)29(32(38)43)34(27)20-23(35)28(26)45-34/h6-9,12,14-15,20,24,26-29,39H,4-5,10-11,13,16-19,21H2,1-3H3,(H,36,41)/b12-7-/t24-,26-,27+,28-,29-,34+/m0/s1. The van der Waals surface area contributed by atoms with Crippen molar-refractivity contribution in [1.29, 1.82) is 0 Å². The Balaban J connectivity index is 1.56. The zero-order valence-corrected chi connectivity index (χ0v) is 27.8. The third kappa shape index (κ3) is 6.62. The summed E-state index contributed by atoms with van der Waals surface area (Å²) in [5.41, 5.74) is -1.15. The van der Waals surface area contributed by atoms with Gasteiger partial charge in [-0.15, -0.1) is 0 Å². The number of carbonyl (C=O) groups is 4. The molecule has 1 aromatic carbocycles. The zero-order chi connectivity index (χ0) is 32.4. The van der Waals surface area contributed by atoms with E-state index >= 15 is 0 Å². The van der Waals surface area contributed by atoms with Crippen molar-refractivity contribution in [2.45, 2.75) is 88.6 Å². The van der Waals surface area contributed by atoms with E-state index in [0.717, 1.165) is 18.4 Å². The lowest BCUT2D eigenvalue weighted by Crippen LogP contribution is -2.59. The number of aliphatic hydroxyl groups is 1. The van der Waals surface area contributed by atoms with Crippen LogP contribution >= 0.6 is 15.9 Å². The van der Waals surface area contributed by atoms with Crippen LogP contribution < -0.4 is 5.32 Å². The Hall–Kier alpha value is -3.02. The fourth-order valence-electron chi connectivity index (χ4n) is 7.05. The number of halogens is 1. The predicted octanol–water partition coefficient (Wildman–Crippen LogP) is 3.79.